The summed E-state index contributed by atoms with van der Waals surface area (Å²) in [6, 6.07) is 2.41. The molecule has 34 heavy (non-hydrogen) atoms. The number of amides is 2. The van der Waals surface area contributed by atoms with Gasteiger partial charge in [0.2, 0.25) is 11.9 Å². The van der Waals surface area contributed by atoms with E-state index in [0.717, 1.165) is 42.9 Å². The van der Waals surface area contributed by atoms with Crippen LogP contribution < -0.4 is 5.32 Å². The van der Waals surface area contributed by atoms with Crippen LogP contribution in [-0.2, 0) is 4.79 Å². The van der Waals surface area contributed by atoms with Gasteiger partial charge in [-0.25, -0.2) is 19.7 Å². The molecule has 2 saturated heterocycles. The van der Waals surface area contributed by atoms with Crippen LogP contribution in [0.5, 0.6) is 0 Å². The number of nitrogens with one attached hydrogen (secondary N) is 1. The lowest BCUT2D eigenvalue weighted by atomic mass is 9.92. The van der Waals surface area contributed by atoms with Crippen LogP contribution >= 0.6 is 0 Å². The Bertz CT molecular complexity index is 1010. The highest BCUT2D eigenvalue weighted by Gasteiger charge is 2.28. The zero-order valence-electron chi connectivity index (χ0n) is 20.3. The number of anilines is 1. The summed E-state index contributed by atoms with van der Waals surface area (Å²) in [6.07, 6.45) is 6.50. The third-order valence-corrected chi connectivity index (χ3v) is 6.95. The van der Waals surface area contributed by atoms with Crippen molar-refractivity contribution in [3.63, 3.8) is 0 Å². The van der Waals surface area contributed by atoms with E-state index in [1.807, 2.05) is 24.1 Å². The molecule has 2 aliphatic rings. The normalized spacial score (nSPS) is 17.9. The Hall–Kier alpha value is -3.17. The number of carboxylic acid groups (broad SMARTS) is 1. The highest BCUT2D eigenvalue weighted by Crippen LogP contribution is 2.25. The smallest absolute Gasteiger partial charge is 0.407 e. The summed E-state index contributed by atoms with van der Waals surface area (Å²) in [5.74, 6) is 2.02. The van der Waals surface area contributed by atoms with Gasteiger partial charge in [0, 0.05) is 50.9 Å². The monoisotopic (exact) mass is 469 g/mol. The predicted octanol–water partition coefficient (Wildman–Crippen LogP) is 3.41. The van der Waals surface area contributed by atoms with E-state index in [9.17, 15) is 9.59 Å². The minimum Gasteiger partial charge on any atom is -0.465 e. The van der Waals surface area contributed by atoms with Crippen LogP contribution in [0, 0.1) is 12.8 Å². The highest BCUT2D eigenvalue weighted by atomic mass is 16.4. The molecule has 184 valence electrons. The predicted molar refractivity (Wildman–Crippen MR) is 129 cm³/mol. The van der Waals surface area contributed by atoms with Crippen molar-refractivity contribution in [2.45, 2.75) is 65.0 Å². The average molecular weight is 470 g/mol. The maximum atomic E-state index is 12.8. The number of carbonyl (C=O) groups excluding carboxylic acids is 1. The lowest BCUT2D eigenvalue weighted by molar-refractivity contribution is -0.133. The zero-order valence-corrected chi connectivity index (χ0v) is 20.3. The maximum Gasteiger partial charge on any atom is 0.407 e. The molecular formula is C24H35N7O3. The van der Waals surface area contributed by atoms with Crippen LogP contribution in [0.2, 0.25) is 0 Å². The van der Waals surface area contributed by atoms with Crippen molar-refractivity contribution in [2.24, 2.45) is 5.92 Å². The van der Waals surface area contributed by atoms with Crippen LogP contribution in [-0.4, -0.2) is 78.6 Å². The molecule has 0 atom stereocenters. The molecular weight excluding hydrogens is 434 g/mol. The summed E-state index contributed by atoms with van der Waals surface area (Å²) < 4.78 is 2.17. The molecule has 0 spiro atoms. The molecule has 4 heterocycles. The van der Waals surface area contributed by atoms with E-state index in [4.69, 9.17) is 10.1 Å². The van der Waals surface area contributed by atoms with Gasteiger partial charge < -0.3 is 24.8 Å². The summed E-state index contributed by atoms with van der Waals surface area (Å²) in [7, 11) is 0. The third-order valence-electron chi connectivity index (χ3n) is 6.95. The Labute approximate surface area is 200 Å². The summed E-state index contributed by atoms with van der Waals surface area (Å²) in [4.78, 5) is 40.8. The number of hydrogen-bond donors (Lipinski definition) is 2. The summed E-state index contributed by atoms with van der Waals surface area (Å²) in [5, 5.41) is 12.5. The number of aromatic nitrogens is 4. The average Bonchev–Trinajstić information content (AvgIpc) is 3.22. The molecule has 0 radical (unpaired) electrons. The molecule has 0 bridgehead atoms. The first-order valence-corrected chi connectivity index (χ1v) is 12.2. The van der Waals surface area contributed by atoms with Crippen LogP contribution in [0.4, 0.5) is 10.7 Å². The van der Waals surface area contributed by atoms with E-state index in [2.05, 4.69) is 33.7 Å². The topological polar surface area (TPSA) is 116 Å². The molecule has 2 aliphatic heterocycles. The van der Waals surface area contributed by atoms with Crippen molar-refractivity contribution in [3.05, 3.63) is 24.3 Å². The molecule has 2 amide bonds. The van der Waals surface area contributed by atoms with Gasteiger partial charge in [-0.2, -0.15) is 0 Å². The fraction of sp³-hybridized carbons (Fsp3) is 0.625. The lowest BCUT2D eigenvalue weighted by Gasteiger charge is -2.34. The Morgan fingerprint density at radius 2 is 1.76 bits per heavy atom. The second kappa shape index (κ2) is 10.4. The number of rotatable bonds is 6. The number of carbonyl (C=O) groups is 2. The van der Waals surface area contributed by atoms with Crippen molar-refractivity contribution >= 4 is 17.9 Å². The minimum atomic E-state index is -0.866. The van der Waals surface area contributed by atoms with Gasteiger partial charge in [-0.1, -0.05) is 0 Å². The van der Waals surface area contributed by atoms with Gasteiger partial charge in [0.15, 0.2) is 0 Å². The van der Waals surface area contributed by atoms with Crippen molar-refractivity contribution in [1.29, 1.82) is 0 Å². The Morgan fingerprint density at radius 3 is 2.41 bits per heavy atom. The van der Waals surface area contributed by atoms with E-state index < -0.39 is 6.09 Å². The Kier molecular flexibility index (Phi) is 7.33. The third kappa shape index (κ3) is 5.48. The van der Waals surface area contributed by atoms with Crippen molar-refractivity contribution in [3.8, 4) is 11.4 Å². The van der Waals surface area contributed by atoms with E-state index in [-0.39, 0.29) is 23.9 Å². The maximum absolute atomic E-state index is 12.8. The van der Waals surface area contributed by atoms with Crippen LogP contribution in [0.1, 0.15) is 57.8 Å². The first kappa shape index (κ1) is 24.0. The molecule has 0 unspecified atom stereocenters. The minimum absolute atomic E-state index is 0.183. The van der Waals surface area contributed by atoms with Gasteiger partial charge in [-0.15, -0.1) is 0 Å². The van der Waals surface area contributed by atoms with Crippen LogP contribution in [0.15, 0.2) is 18.5 Å². The summed E-state index contributed by atoms with van der Waals surface area (Å²) in [6.45, 7) is 8.73. The molecule has 4 rings (SSSR count). The second-order valence-corrected chi connectivity index (χ2v) is 9.64. The fourth-order valence-corrected chi connectivity index (χ4v) is 5.03. The number of imidazole rings is 1. The molecule has 2 N–H and O–H groups in total. The number of aryl methyl sites for hydroxylation is 1. The molecule has 0 saturated carbocycles. The van der Waals surface area contributed by atoms with Crippen LogP contribution in [0.3, 0.4) is 0 Å². The number of nitrogens with zero attached hydrogens (tertiary/aromatic N) is 6. The van der Waals surface area contributed by atoms with Gasteiger partial charge in [-0.3, -0.25) is 4.79 Å². The number of piperidine rings is 2. The van der Waals surface area contributed by atoms with Crippen molar-refractivity contribution in [2.75, 3.05) is 31.5 Å². The molecule has 10 heteroatoms. The molecule has 2 fully saturated rings. The SMILES string of the molecule is Cc1ncc(-c2ccnc(NC3CCN(C(=O)CC4CCN(C(=O)O)CC4)CC3)n2)n1C(C)C. The molecule has 2 aromatic rings. The quantitative estimate of drug-likeness (QED) is 0.666. The largest absolute Gasteiger partial charge is 0.465 e. The molecule has 10 nitrogen and oxygen atoms in total. The first-order valence-electron chi connectivity index (χ1n) is 12.2. The van der Waals surface area contributed by atoms with Gasteiger partial charge in [0.05, 0.1) is 17.6 Å². The first-order chi connectivity index (χ1) is 16.3. The Morgan fingerprint density at radius 1 is 1.09 bits per heavy atom. The van der Waals surface area contributed by atoms with E-state index in [1.54, 1.807) is 6.20 Å². The van der Waals surface area contributed by atoms with E-state index >= 15 is 0 Å². The zero-order chi connectivity index (χ0) is 24.2. The van der Waals surface area contributed by atoms with Gasteiger partial charge in [-0.05, 0) is 58.4 Å². The second-order valence-electron chi connectivity index (χ2n) is 9.64. The fourth-order valence-electron chi connectivity index (χ4n) is 5.03. The lowest BCUT2D eigenvalue weighted by Crippen LogP contribution is -2.44. The Balaban J connectivity index is 1.28. The van der Waals surface area contributed by atoms with Crippen molar-refractivity contribution in [1.82, 2.24) is 29.3 Å². The number of likely N-dealkylation sites (tertiary alicyclic amines) is 2. The summed E-state index contributed by atoms with van der Waals surface area (Å²) in [5.41, 5.74) is 1.82. The molecule has 2 aromatic heterocycles. The van der Waals surface area contributed by atoms with E-state index in [0.29, 0.717) is 38.5 Å². The number of hydrogen-bond acceptors (Lipinski definition) is 6. The molecule has 0 aromatic carbocycles. The van der Waals surface area contributed by atoms with E-state index in [1.165, 1.54) is 4.90 Å². The van der Waals surface area contributed by atoms with Crippen molar-refractivity contribution < 1.29 is 14.7 Å². The summed E-state index contributed by atoms with van der Waals surface area (Å²) >= 11 is 0. The standard InChI is InChI=1S/C24H35N7O3/c1-16(2)31-17(3)26-15-21(31)20-4-9-25-23(28-20)27-19-7-12-29(13-8-19)22(32)14-18-5-10-30(11-6-18)24(33)34/h4,9,15-16,18-19H,5-8,10-14H2,1-3H3,(H,33,34)(H,25,27,28). The van der Waals surface area contributed by atoms with Gasteiger partial charge in [0.25, 0.3) is 0 Å². The van der Waals surface area contributed by atoms with Gasteiger partial charge in [0.1, 0.15) is 5.82 Å². The highest BCUT2D eigenvalue weighted by molar-refractivity contribution is 5.76. The van der Waals surface area contributed by atoms with Crippen LogP contribution in [0.25, 0.3) is 11.4 Å². The molecule has 0 aliphatic carbocycles. The van der Waals surface area contributed by atoms with Gasteiger partial charge >= 0.3 is 6.09 Å².